The zero-order valence-electron chi connectivity index (χ0n) is 46.0. The summed E-state index contributed by atoms with van der Waals surface area (Å²) in [6.07, 6.45) is 69.0. The molecule has 0 radical (unpaired) electrons. The molecule has 0 aromatic carbocycles. The summed E-state index contributed by atoms with van der Waals surface area (Å²) in [5, 5.41) is 13.8. The molecule has 0 fully saturated rings. The minimum Gasteiger partial charge on any atom is -0.756 e. The third-order valence-corrected chi connectivity index (χ3v) is 13.9. The number of rotatable bonds is 53. The number of carbonyl (C=O) groups is 1. The van der Waals surface area contributed by atoms with Crippen molar-refractivity contribution in [1.29, 1.82) is 0 Å². The minimum atomic E-state index is -4.61. The first-order chi connectivity index (χ1) is 33.5. The molecule has 0 bridgehead atoms. The van der Waals surface area contributed by atoms with Gasteiger partial charge in [0, 0.05) is 6.42 Å². The van der Waals surface area contributed by atoms with Crippen LogP contribution in [0, 0.1) is 0 Å². The summed E-state index contributed by atoms with van der Waals surface area (Å²) in [5.74, 6) is -0.237. The molecular weight excluding hydrogens is 876 g/mol. The van der Waals surface area contributed by atoms with Crippen molar-refractivity contribution in [3.63, 3.8) is 0 Å². The molecule has 3 unspecified atom stereocenters. The summed E-state index contributed by atoms with van der Waals surface area (Å²) >= 11 is 0. The van der Waals surface area contributed by atoms with E-state index in [1.807, 2.05) is 27.2 Å². The van der Waals surface area contributed by atoms with Crippen LogP contribution in [-0.4, -0.2) is 68.5 Å². The Morgan fingerprint density at radius 3 is 1.29 bits per heavy atom. The molecule has 0 heterocycles. The molecule has 0 aliphatic carbocycles. The van der Waals surface area contributed by atoms with E-state index in [1.165, 1.54) is 180 Å². The lowest BCUT2D eigenvalue weighted by Gasteiger charge is -2.29. The van der Waals surface area contributed by atoms with Crippen molar-refractivity contribution in [1.82, 2.24) is 5.32 Å². The zero-order valence-corrected chi connectivity index (χ0v) is 46.9. The highest BCUT2D eigenvalue weighted by Crippen LogP contribution is 2.38. The molecule has 69 heavy (non-hydrogen) atoms. The topological polar surface area (TPSA) is 108 Å². The Balaban J connectivity index is 4.11. The summed E-state index contributed by atoms with van der Waals surface area (Å²) in [5.41, 5.74) is 0. The van der Waals surface area contributed by atoms with Gasteiger partial charge in [-0.25, -0.2) is 0 Å². The van der Waals surface area contributed by atoms with E-state index in [0.29, 0.717) is 17.4 Å². The molecule has 0 spiro atoms. The molecule has 0 rings (SSSR count). The van der Waals surface area contributed by atoms with E-state index in [1.54, 1.807) is 6.08 Å². The molecule has 1 amide bonds. The molecule has 9 heteroatoms. The van der Waals surface area contributed by atoms with Gasteiger partial charge in [-0.05, 0) is 57.8 Å². The van der Waals surface area contributed by atoms with Crippen molar-refractivity contribution in [2.75, 3.05) is 40.9 Å². The molecule has 8 nitrogen and oxygen atoms in total. The average molecular weight is 990 g/mol. The molecule has 0 aromatic heterocycles. The molecular formula is C60H113N2O6P. The normalized spacial score (nSPS) is 14.4. The number of aliphatic hydroxyl groups is 1. The van der Waals surface area contributed by atoms with Crippen LogP contribution < -0.4 is 10.2 Å². The Hall–Kier alpha value is -1.80. The van der Waals surface area contributed by atoms with Crippen LogP contribution in [0.3, 0.4) is 0 Å². The van der Waals surface area contributed by atoms with Crippen molar-refractivity contribution in [2.45, 2.75) is 276 Å². The highest BCUT2D eigenvalue weighted by molar-refractivity contribution is 7.45. The van der Waals surface area contributed by atoms with Crippen molar-refractivity contribution < 1.29 is 32.9 Å². The van der Waals surface area contributed by atoms with Crippen molar-refractivity contribution in [3.05, 3.63) is 60.8 Å². The second-order valence-corrected chi connectivity index (χ2v) is 22.4. The molecule has 0 aliphatic heterocycles. The lowest BCUT2D eigenvalue weighted by atomic mass is 10.0. The van der Waals surface area contributed by atoms with Crippen molar-refractivity contribution >= 4 is 13.7 Å². The van der Waals surface area contributed by atoms with Crippen LogP contribution in [0.25, 0.3) is 0 Å². The molecule has 0 aromatic rings. The van der Waals surface area contributed by atoms with Crippen LogP contribution in [0.1, 0.15) is 264 Å². The van der Waals surface area contributed by atoms with E-state index in [-0.39, 0.29) is 18.9 Å². The first-order valence-corrected chi connectivity index (χ1v) is 30.6. The van der Waals surface area contributed by atoms with Gasteiger partial charge in [0.15, 0.2) is 0 Å². The molecule has 404 valence electrons. The smallest absolute Gasteiger partial charge is 0.268 e. The first kappa shape index (κ1) is 67.2. The Morgan fingerprint density at radius 2 is 0.884 bits per heavy atom. The maximum absolute atomic E-state index is 12.9. The third kappa shape index (κ3) is 53.8. The summed E-state index contributed by atoms with van der Waals surface area (Å²) in [6, 6.07) is -0.911. The quantitative estimate of drug-likeness (QED) is 0.0272. The van der Waals surface area contributed by atoms with E-state index < -0.39 is 26.6 Å². The van der Waals surface area contributed by atoms with Gasteiger partial charge in [0.2, 0.25) is 5.91 Å². The third-order valence-electron chi connectivity index (χ3n) is 13.0. The number of likely N-dealkylation sites (N-methyl/N-ethyl adjacent to an activating group) is 1. The monoisotopic (exact) mass is 989 g/mol. The second kappa shape index (κ2) is 51.1. The van der Waals surface area contributed by atoms with Crippen LogP contribution in [0.2, 0.25) is 0 Å². The number of phosphoric ester groups is 1. The van der Waals surface area contributed by atoms with Crippen LogP contribution in [-0.2, 0) is 18.4 Å². The summed E-state index contributed by atoms with van der Waals surface area (Å²) in [4.78, 5) is 25.4. The Kier molecular flexibility index (Phi) is 49.8. The van der Waals surface area contributed by atoms with Gasteiger partial charge in [-0.2, -0.15) is 0 Å². The number of nitrogens with zero attached hydrogens (tertiary/aromatic N) is 1. The van der Waals surface area contributed by atoms with Gasteiger partial charge in [0.05, 0.1) is 39.9 Å². The van der Waals surface area contributed by atoms with Gasteiger partial charge in [-0.15, -0.1) is 0 Å². The highest BCUT2D eigenvalue weighted by Gasteiger charge is 2.23. The van der Waals surface area contributed by atoms with E-state index in [0.717, 1.165) is 57.8 Å². The zero-order chi connectivity index (χ0) is 50.6. The first-order valence-electron chi connectivity index (χ1n) is 29.2. The second-order valence-electron chi connectivity index (χ2n) is 21.0. The Morgan fingerprint density at radius 1 is 0.522 bits per heavy atom. The predicted octanol–water partition coefficient (Wildman–Crippen LogP) is 17.1. The number of hydrogen-bond donors (Lipinski definition) is 2. The summed E-state index contributed by atoms with van der Waals surface area (Å²) in [6.45, 7) is 4.52. The number of allylic oxidation sites excluding steroid dienone is 9. The van der Waals surface area contributed by atoms with Gasteiger partial charge < -0.3 is 28.8 Å². The van der Waals surface area contributed by atoms with Crippen LogP contribution >= 0.6 is 7.82 Å². The highest BCUT2D eigenvalue weighted by atomic mass is 31.2. The Bertz CT molecular complexity index is 1310. The maximum Gasteiger partial charge on any atom is 0.268 e. The lowest BCUT2D eigenvalue weighted by Crippen LogP contribution is -2.45. The average Bonchev–Trinajstić information content (AvgIpc) is 3.31. The van der Waals surface area contributed by atoms with E-state index in [2.05, 4.69) is 67.8 Å². The fourth-order valence-electron chi connectivity index (χ4n) is 8.44. The number of quaternary nitrogens is 1. The molecule has 2 N–H and O–H groups in total. The largest absolute Gasteiger partial charge is 0.756 e. The lowest BCUT2D eigenvalue weighted by molar-refractivity contribution is -0.870. The van der Waals surface area contributed by atoms with Gasteiger partial charge in [-0.3, -0.25) is 9.36 Å². The molecule has 0 saturated heterocycles. The van der Waals surface area contributed by atoms with Gasteiger partial charge in [-0.1, -0.05) is 261 Å². The number of unbranched alkanes of at least 4 members (excludes halogenated alkanes) is 32. The number of carbonyl (C=O) groups excluding carboxylic acids is 1. The maximum atomic E-state index is 12.9. The molecule has 0 aliphatic rings. The number of hydrogen-bond acceptors (Lipinski definition) is 6. The number of phosphoric acid groups is 1. The van der Waals surface area contributed by atoms with E-state index in [4.69, 9.17) is 9.05 Å². The number of amides is 1. The predicted molar refractivity (Wildman–Crippen MR) is 297 cm³/mol. The SMILES string of the molecule is CC/C=C\C/C=C\C/C=C\C/C=C\CCCCC(=O)NC(COP(=O)([O-])OCC[N+](C)(C)C)C(O)/C=C/CCCCCCCCCCCCCCCCCCCCCCCCCCCCCCCC. The van der Waals surface area contributed by atoms with Crippen LogP contribution in [0.5, 0.6) is 0 Å². The Labute approximate surface area is 428 Å². The van der Waals surface area contributed by atoms with Gasteiger partial charge in [0.25, 0.3) is 7.82 Å². The van der Waals surface area contributed by atoms with E-state index >= 15 is 0 Å². The van der Waals surface area contributed by atoms with Crippen molar-refractivity contribution in [3.8, 4) is 0 Å². The standard InChI is InChI=1S/C60H113N2O6P/c1-6-8-10-12-14-16-18-20-22-23-24-25-26-27-28-29-30-31-32-33-34-35-36-37-38-40-41-43-45-47-49-51-53-59(63)58(57-68-69(65,66)67-56-55-62(3,4)5)61-60(64)54-52-50-48-46-44-42-39-21-19-17-15-13-11-9-7-2/h9,11,15,17,21,39,44,46,51,53,58-59,63H,6-8,10,12-14,16,18-20,22-38,40-43,45,47-50,52,54-57H2,1-5H3,(H-,61,64,65,66)/b11-9-,17-15-,39-21-,46-44-,53-51+. The van der Waals surface area contributed by atoms with Gasteiger partial charge in [0.1, 0.15) is 13.2 Å². The number of aliphatic hydroxyl groups excluding tert-OH is 1. The summed E-state index contributed by atoms with van der Waals surface area (Å²) < 4.78 is 23.3. The summed E-state index contributed by atoms with van der Waals surface area (Å²) in [7, 11) is 1.23. The van der Waals surface area contributed by atoms with E-state index in [9.17, 15) is 19.4 Å². The number of nitrogens with one attached hydrogen (secondary N) is 1. The minimum absolute atomic E-state index is 0.0112. The molecule has 0 saturated carbocycles. The fraction of sp³-hybridized carbons (Fsp3) is 0.817. The van der Waals surface area contributed by atoms with Crippen molar-refractivity contribution in [2.24, 2.45) is 0 Å². The molecule has 3 atom stereocenters. The fourth-order valence-corrected chi connectivity index (χ4v) is 9.16. The van der Waals surface area contributed by atoms with Crippen LogP contribution in [0.4, 0.5) is 0 Å². The van der Waals surface area contributed by atoms with Gasteiger partial charge >= 0.3 is 0 Å². The van der Waals surface area contributed by atoms with Crippen LogP contribution in [0.15, 0.2) is 60.8 Å².